The fourth-order valence-electron chi connectivity index (χ4n) is 1.98. The molecule has 16 heavy (non-hydrogen) atoms. The number of methoxy groups -OCH3 is 1. The molecule has 1 aliphatic heterocycles. The van der Waals surface area contributed by atoms with Gasteiger partial charge in [0.05, 0.1) is 19.8 Å². The first-order valence-electron chi connectivity index (χ1n) is 5.86. The summed E-state index contributed by atoms with van der Waals surface area (Å²) in [5, 5.41) is 0. The van der Waals surface area contributed by atoms with E-state index in [4.69, 9.17) is 15.2 Å². The van der Waals surface area contributed by atoms with Gasteiger partial charge in [0.25, 0.3) is 0 Å². The van der Waals surface area contributed by atoms with Gasteiger partial charge in [0.1, 0.15) is 0 Å². The second-order valence-corrected chi connectivity index (χ2v) is 4.15. The van der Waals surface area contributed by atoms with E-state index in [1.54, 1.807) is 7.11 Å². The standard InChI is InChI=1S/C11H24N2O2.ClH/c1-14-7-8-15-6-5-13-4-2-3-11(9-12)10-13;/h11H,2-10,12H2,1H3;1H. The van der Waals surface area contributed by atoms with Gasteiger partial charge in [0, 0.05) is 20.2 Å². The summed E-state index contributed by atoms with van der Waals surface area (Å²) in [6.07, 6.45) is 2.57. The molecular weight excluding hydrogens is 228 g/mol. The SMILES string of the molecule is COCCOCCN1CCCC(CN)C1.Cl. The maximum absolute atomic E-state index is 5.69. The fourth-order valence-corrected chi connectivity index (χ4v) is 1.98. The van der Waals surface area contributed by atoms with Crippen LogP contribution in [0.15, 0.2) is 0 Å². The zero-order chi connectivity index (χ0) is 10.9. The molecule has 0 radical (unpaired) electrons. The fraction of sp³-hybridized carbons (Fsp3) is 1.00. The second kappa shape index (κ2) is 10.3. The van der Waals surface area contributed by atoms with E-state index in [-0.39, 0.29) is 12.4 Å². The van der Waals surface area contributed by atoms with Crippen LogP contribution in [-0.2, 0) is 9.47 Å². The van der Waals surface area contributed by atoms with Crippen LogP contribution >= 0.6 is 12.4 Å². The minimum atomic E-state index is 0. The zero-order valence-electron chi connectivity index (χ0n) is 10.2. The number of nitrogens with two attached hydrogens (primary N) is 1. The summed E-state index contributed by atoms with van der Waals surface area (Å²) >= 11 is 0. The number of likely N-dealkylation sites (tertiary alicyclic amines) is 1. The first-order valence-corrected chi connectivity index (χ1v) is 5.86. The highest BCUT2D eigenvalue weighted by molar-refractivity contribution is 5.85. The van der Waals surface area contributed by atoms with E-state index in [0.717, 1.165) is 26.2 Å². The summed E-state index contributed by atoms with van der Waals surface area (Å²) in [6.45, 7) is 6.38. The van der Waals surface area contributed by atoms with Crippen molar-refractivity contribution in [3.63, 3.8) is 0 Å². The molecule has 1 fully saturated rings. The van der Waals surface area contributed by atoms with E-state index in [1.807, 2.05) is 0 Å². The van der Waals surface area contributed by atoms with Gasteiger partial charge < -0.3 is 20.1 Å². The smallest absolute Gasteiger partial charge is 0.0700 e. The predicted molar refractivity (Wildman–Crippen MR) is 68.2 cm³/mol. The number of hydrogen-bond acceptors (Lipinski definition) is 4. The Balaban J connectivity index is 0.00000225. The van der Waals surface area contributed by atoms with Gasteiger partial charge in [0.15, 0.2) is 0 Å². The van der Waals surface area contributed by atoms with Crippen molar-refractivity contribution in [2.45, 2.75) is 12.8 Å². The molecule has 0 aliphatic carbocycles. The van der Waals surface area contributed by atoms with Gasteiger partial charge in [-0.05, 0) is 31.8 Å². The number of hydrogen-bond donors (Lipinski definition) is 1. The maximum atomic E-state index is 5.69. The number of nitrogens with zero attached hydrogens (tertiary/aromatic N) is 1. The third kappa shape index (κ3) is 6.66. The molecule has 2 N–H and O–H groups in total. The van der Waals surface area contributed by atoms with E-state index in [9.17, 15) is 0 Å². The van der Waals surface area contributed by atoms with Gasteiger partial charge in [-0.1, -0.05) is 0 Å². The van der Waals surface area contributed by atoms with Crippen molar-refractivity contribution < 1.29 is 9.47 Å². The van der Waals surface area contributed by atoms with Crippen molar-refractivity contribution >= 4 is 12.4 Å². The molecule has 1 atom stereocenters. The quantitative estimate of drug-likeness (QED) is 0.679. The first kappa shape index (κ1) is 16.1. The third-order valence-electron chi connectivity index (χ3n) is 2.92. The molecule has 1 unspecified atom stereocenters. The van der Waals surface area contributed by atoms with Gasteiger partial charge in [-0.2, -0.15) is 0 Å². The van der Waals surface area contributed by atoms with Gasteiger partial charge in [0.2, 0.25) is 0 Å². The number of rotatable bonds is 7. The van der Waals surface area contributed by atoms with Crippen molar-refractivity contribution in [1.29, 1.82) is 0 Å². The van der Waals surface area contributed by atoms with E-state index in [0.29, 0.717) is 19.1 Å². The van der Waals surface area contributed by atoms with E-state index in [2.05, 4.69) is 4.90 Å². The average molecular weight is 253 g/mol. The van der Waals surface area contributed by atoms with Crippen molar-refractivity contribution in [2.75, 3.05) is 53.1 Å². The van der Waals surface area contributed by atoms with Crippen LogP contribution in [0.2, 0.25) is 0 Å². The van der Waals surface area contributed by atoms with Gasteiger partial charge in [-0.3, -0.25) is 0 Å². The molecule has 0 spiro atoms. The average Bonchev–Trinajstić information content (AvgIpc) is 2.29. The normalized spacial score (nSPS) is 21.8. The predicted octanol–water partition coefficient (Wildman–Crippen LogP) is 0.742. The summed E-state index contributed by atoms with van der Waals surface area (Å²) in [5.74, 6) is 0.692. The summed E-state index contributed by atoms with van der Waals surface area (Å²) < 4.78 is 10.4. The molecule has 1 heterocycles. The highest BCUT2D eigenvalue weighted by Gasteiger charge is 2.17. The lowest BCUT2D eigenvalue weighted by Crippen LogP contribution is -2.40. The number of halogens is 1. The van der Waals surface area contributed by atoms with E-state index in [1.165, 1.54) is 19.4 Å². The lowest BCUT2D eigenvalue weighted by atomic mass is 9.98. The molecule has 1 saturated heterocycles. The Labute approximate surface area is 105 Å². The van der Waals surface area contributed by atoms with Gasteiger partial charge in [-0.15, -0.1) is 12.4 Å². The molecule has 0 aromatic rings. The molecule has 4 nitrogen and oxygen atoms in total. The number of ether oxygens (including phenoxy) is 2. The van der Waals surface area contributed by atoms with Crippen LogP contribution in [0.4, 0.5) is 0 Å². The summed E-state index contributed by atoms with van der Waals surface area (Å²) in [5.41, 5.74) is 5.69. The monoisotopic (exact) mass is 252 g/mol. The van der Waals surface area contributed by atoms with Crippen molar-refractivity contribution in [1.82, 2.24) is 4.90 Å². The Morgan fingerprint density at radius 1 is 1.31 bits per heavy atom. The Hall–Kier alpha value is 0.130. The molecule has 1 rings (SSSR count). The van der Waals surface area contributed by atoms with E-state index >= 15 is 0 Å². The molecule has 98 valence electrons. The van der Waals surface area contributed by atoms with Crippen LogP contribution < -0.4 is 5.73 Å². The molecular formula is C11H25ClN2O2. The van der Waals surface area contributed by atoms with E-state index < -0.39 is 0 Å². The summed E-state index contributed by atoms with van der Waals surface area (Å²) in [6, 6.07) is 0. The van der Waals surface area contributed by atoms with Crippen molar-refractivity contribution in [2.24, 2.45) is 11.7 Å². The topological polar surface area (TPSA) is 47.7 Å². The lowest BCUT2D eigenvalue weighted by Gasteiger charge is -2.31. The molecule has 0 aromatic heterocycles. The van der Waals surface area contributed by atoms with Crippen LogP contribution in [0.5, 0.6) is 0 Å². The molecule has 0 bridgehead atoms. The molecule has 5 heteroatoms. The highest BCUT2D eigenvalue weighted by atomic mass is 35.5. The number of piperidine rings is 1. The maximum Gasteiger partial charge on any atom is 0.0700 e. The summed E-state index contributed by atoms with van der Waals surface area (Å²) in [7, 11) is 1.69. The Bertz CT molecular complexity index is 161. The molecule has 1 aliphatic rings. The first-order chi connectivity index (χ1) is 7.36. The van der Waals surface area contributed by atoms with Crippen LogP contribution in [0.1, 0.15) is 12.8 Å². The Morgan fingerprint density at radius 3 is 2.81 bits per heavy atom. The van der Waals surface area contributed by atoms with Crippen molar-refractivity contribution in [3.8, 4) is 0 Å². The minimum Gasteiger partial charge on any atom is -0.382 e. The van der Waals surface area contributed by atoms with Crippen molar-refractivity contribution in [3.05, 3.63) is 0 Å². The summed E-state index contributed by atoms with van der Waals surface area (Å²) in [4.78, 5) is 2.45. The van der Waals surface area contributed by atoms with Crippen LogP contribution in [-0.4, -0.2) is 58.0 Å². The van der Waals surface area contributed by atoms with Crippen LogP contribution in [0.3, 0.4) is 0 Å². The Morgan fingerprint density at radius 2 is 2.12 bits per heavy atom. The van der Waals surface area contributed by atoms with Gasteiger partial charge in [-0.25, -0.2) is 0 Å². The second-order valence-electron chi connectivity index (χ2n) is 4.15. The molecule has 0 aromatic carbocycles. The molecule has 0 amide bonds. The Kier molecular flexibility index (Phi) is 10.4. The largest absolute Gasteiger partial charge is 0.382 e. The lowest BCUT2D eigenvalue weighted by molar-refractivity contribution is 0.0498. The minimum absolute atomic E-state index is 0. The van der Waals surface area contributed by atoms with Crippen LogP contribution in [0.25, 0.3) is 0 Å². The van der Waals surface area contributed by atoms with Crippen LogP contribution in [0, 0.1) is 5.92 Å². The highest BCUT2D eigenvalue weighted by Crippen LogP contribution is 2.14. The zero-order valence-corrected chi connectivity index (χ0v) is 11.0. The third-order valence-corrected chi connectivity index (χ3v) is 2.92. The van der Waals surface area contributed by atoms with Gasteiger partial charge >= 0.3 is 0 Å². The molecule has 0 saturated carbocycles.